The molecule has 1 N–H and O–H groups in total. The number of nitrogens with zero attached hydrogens (tertiary/aromatic N) is 5. The van der Waals surface area contributed by atoms with Gasteiger partial charge in [-0.3, -0.25) is 4.68 Å². The number of rotatable bonds is 4. The summed E-state index contributed by atoms with van der Waals surface area (Å²) in [6.45, 7) is 6.76. The summed E-state index contributed by atoms with van der Waals surface area (Å²) in [6.07, 6.45) is 5.59. The molecule has 0 bridgehead atoms. The van der Waals surface area contributed by atoms with Gasteiger partial charge < -0.3 is 5.32 Å². The number of aryl methyl sites for hydroxylation is 2. The van der Waals surface area contributed by atoms with Gasteiger partial charge >= 0.3 is 0 Å². The van der Waals surface area contributed by atoms with Gasteiger partial charge in [0.05, 0.1) is 6.20 Å². The van der Waals surface area contributed by atoms with Gasteiger partial charge in [-0.25, -0.2) is 13.3 Å². The summed E-state index contributed by atoms with van der Waals surface area (Å²) in [4.78, 5) is 4.67. The van der Waals surface area contributed by atoms with Gasteiger partial charge in [0.25, 0.3) is 0 Å². The molecule has 0 saturated heterocycles. The molecule has 2 atom stereocenters. The zero-order valence-electron chi connectivity index (χ0n) is 17.7. The number of anilines is 1. The molecule has 2 unspecified atom stereocenters. The lowest BCUT2D eigenvalue weighted by Gasteiger charge is -2.28. The summed E-state index contributed by atoms with van der Waals surface area (Å²) in [7, 11) is 0. The highest BCUT2D eigenvalue weighted by atomic mass is 19.2. The van der Waals surface area contributed by atoms with Gasteiger partial charge in [0, 0.05) is 36.0 Å². The van der Waals surface area contributed by atoms with Crippen LogP contribution in [0.15, 0.2) is 36.7 Å². The minimum absolute atomic E-state index is 0.198. The zero-order chi connectivity index (χ0) is 21.7. The number of aromatic nitrogens is 5. The lowest BCUT2D eigenvalue weighted by Crippen LogP contribution is -2.30. The Hall–Kier alpha value is -3.29. The van der Waals surface area contributed by atoms with Crippen LogP contribution in [-0.2, 0) is 13.0 Å². The summed E-state index contributed by atoms with van der Waals surface area (Å²) in [5.74, 6) is -0.775. The Labute approximate surface area is 178 Å². The van der Waals surface area contributed by atoms with Crippen LogP contribution >= 0.6 is 0 Å². The Kier molecular flexibility index (Phi) is 4.72. The van der Waals surface area contributed by atoms with Crippen LogP contribution in [0, 0.1) is 18.6 Å². The second-order valence-electron chi connectivity index (χ2n) is 8.27. The number of hydrogen-bond acceptors (Lipinski definition) is 4. The highest BCUT2D eigenvalue weighted by Crippen LogP contribution is 2.33. The molecule has 160 valence electrons. The monoisotopic (exact) mass is 422 g/mol. The van der Waals surface area contributed by atoms with E-state index in [1.165, 1.54) is 17.3 Å². The quantitative estimate of drug-likeness (QED) is 0.517. The Bertz CT molecular complexity index is 1250. The number of fused-ring (bicyclic) bond motifs is 2. The van der Waals surface area contributed by atoms with Crippen molar-refractivity contribution < 1.29 is 8.78 Å². The van der Waals surface area contributed by atoms with Gasteiger partial charge in [0.1, 0.15) is 0 Å². The van der Waals surface area contributed by atoms with Crippen LogP contribution in [0.3, 0.4) is 0 Å². The van der Waals surface area contributed by atoms with Crippen molar-refractivity contribution in [2.24, 2.45) is 0 Å². The molecule has 1 aromatic carbocycles. The first kappa shape index (κ1) is 19.7. The highest BCUT2D eigenvalue weighted by molar-refractivity contribution is 5.78. The SMILES string of the molecule is CCn1ncc2c1C(C)CC(Nc1nc3c(-c4cc(C)c(F)c(F)c4)cccn3n1)C2. The lowest BCUT2D eigenvalue weighted by atomic mass is 9.85. The van der Waals surface area contributed by atoms with E-state index in [2.05, 4.69) is 39.0 Å². The molecule has 8 heteroatoms. The molecule has 5 rings (SSSR count). The fraction of sp³-hybridized carbons (Fsp3) is 0.348. The van der Waals surface area contributed by atoms with Crippen molar-refractivity contribution in [3.63, 3.8) is 0 Å². The molecule has 0 radical (unpaired) electrons. The van der Waals surface area contributed by atoms with Crippen molar-refractivity contribution in [2.75, 3.05) is 5.32 Å². The largest absolute Gasteiger partial charge is 0.350 e. The molecule has 1 aliphatic rings. The summed E-state index contributed by atoms with van der Waals surface area (Å²) in [5.41, 5.74) is 4.71. The smallest absolute Gasteiger partial charge is 0.243 e. The van der Waals surface area contributed by atoms with E-state index in [4.69, 9.17) is 0 Å². The first-order valence-electron chi connectivity index (χ1n) is 10.6. The molecule has 0 saturated carbocycles. The second kappa shape index (κ2) is 7.44. The van der Waals surface area contributed by atoms with E-state index < -0.39 is 11.6 Å². The Morgan fingerprint density at radius 3 is 2.87 bits per heavy atom. The van der Waals surface area contributed by atoms with E-state index in [-0.39, 0.29) is 11.6 Å². The predicted molar refractivity (Wildman–Crippen MR) is 115 cm³/mol. The fourth-order valence-electron chi connectivity index (χ4n) is 4.67. The molecule has 3 heterocycles. The van der Waals surface area contributed by atoms with Crippen molar-refractivity contribution in [3.8, 4) is 11.1 Å². The topological polar surface area (TPSA) is 60.0 Å². The standard InChI is InChI=1S/C23H24F2N6/c1-4-30-21-14(3)9-17(10-16(21)12-26-30)27-23-28-22-18(6-5-7-31(22)29-23)15-8-13(2)20(25)19(24)11-15/h5-8,11-12,14,17H,4,9-10H2,1-3H3,(H,27,29). The number of pyridine rings is 1. The van der Waals surface area contributed by atoms with Crippen LogP contribution in [0.2, 0.25) is 0 Å². The van der Waals surface area contributed by atoms with Crippen molar-refractivity contribution in [2.45, 2.75) is 52.1 Å². The molecule has 1 aliphatic carbocycles. The van der Waals surface area contributed by atoms with Gasteiger partial charge in [-0.1, -0.05) is 6.92 Å². The van der Waals surface area contributed by atoms with Gasteiger partial charge in [-0.2, -0.15) is 10.1 Å². The first-order valence-corrected chi connectivity index (χ1v) is 10.6. The Morgan fingerprint density at radius 1 is 1.26 bits per heavy atom. The van der Waals surface area contributed by atoms with Crippen molar-refractivity contribution in [1.29, 1.82) is 0 Å². The molecular weight excluding hydrogens is 398 g/mol. The maximum absolute atomic E-state index is 14.0. The third-order valence-corrected chi connectivity index (χ3v) is 6.05. The van der Waals surface area contributed by atoms with E-state index in [0.29, 0.717) is 28.6 Å². The second-order valence-corrected chi connectivity index (χ2v) is 8.27. The molecule has 6 nitrogen and oxygen atoms in total. The summed E-state index contributed by atoms with van der Waals surface area (Å²) >= 11 is 0. The number of nitrogens with one attached hydrogen (secondary N) is 1. The minimum Gasteiger partial charge on any atom is -0.350 e. The summed E-state index contributed by atoms with van der Waals surface area (Å²) in [5, 5.41) is 12.5. The molecule has 0 fully saturated rings. The van der Waals surface area contributed by atoms with Crippen LogP contribution in [0.5, 0.6) is 0 Å². The molecule has 3 aromatic heterocycles. The van der Waals surface area contributed by atoms with Gasteiger partial charge in [-0.15, -0.1) is 5.10 Å². The normalized spacial score (nSPS) is 18.4. The summed E-state index contributed by atoms with van der Waals surface area (Å²) in [6, 6.07) is 6.70. The molecular formula is C23H24F2N6. The zero-order valence-corrected chi connectivity index (χ0v) is 17.7. The maximum atomic E-state index is 14.0. The Morgan fingerprint density at radius 2 is 2.10 bits per heavy atom. The van der Waals surface area contributed by atoms with Crippen LogP contribution < -0.4 is 5.32 Å². The summed E-state index contributed by atoms with van der Waals surface area (Å²) < 4.78 is 31.5. The van der Waals surface area contributed by atoms with E-state index in [1.807, 2.05) is 18.3 Å². The van der Waals surface area contributed by atoms with Gasteiger partial charge in [0.2, 0.25) is 5.95 Å². The molecule has 31 heavy (non-hydrogen) atoms. The molecule has 0 spiro atoms. The maximum Gasteiger partial charge on any atom is 0.243 e. The first-order chi connectivity index (χ1) is 14.9. The van der Waals surface area contributed by atoms with Gasteiger partial charge in [-0.05, 0) is 67.6 Å². The van der Waals surface area contributed by atoms with E-state index >= 15 is 0 Å². The average Bonchev–Trinajstić information content (AvgIpc) is 3.34. The average molecular weight is 422 g/mol. The highest BCUT2D eigenvalue weighted by Gasteiger charge is 2.28. The van der Waals surface area contributed by atoms with Gasteiger partial charge in [0.15, 0.2) is 17.3 Å². The molecule has 4 aromatic rings. The van der Waals surface area contributed by atoms with Crippen molar-refractivity contribution in [3.05, 3.63) is 65.1 Å². The van der Waals surface area contributed by atoms with E-state index in [9.17, 15) is 8.78 Å². The van der Waals surface area contributed by atoms with Crippen LogP contribution in [-0.4, -0.2) is 30.4 Å². The Balaban J connectivity index is 1.46. The molecule has 0 amide bonds. The number of halogens is 2. The number of hydrogen-bond donors (Lipinski definition) is 1. The fourth-order valence-corrected chi connectivity index (χ4v) is 4.67. The third-order valence-electron chi connectivity index (χ3n) is 6.05. The lowest BCUT2D eigenvalue weighted by molar-refractivity contribution is 0.491. The number of benzene rings is 1. The van der Waals surface area contributed by atoms with E-state index in [0.717, 1.165) is 19.4 Å². The van der Waals surface area contributed by atoms with Crippen LogP contribution in [0.4, 0.5) is 14.7 Å². The molecule has 0 aliphatic heterocycles. The van der Waals surface area contributed by atoms with Crippen LogP contribution in [0.25, 0.3) is 16.8 Å². The van der Waals surface area contributed by atoms with Crippen LogP contribution in [0.1, 0.15) is 43.0 Å². The van der Waals surface area contributed by atoms with Crippen molar-refractivity contribution in [1.82, 2.24) is 24.4 Å². The van der Waals surface area contributed by atoms with E-state index in [1.54, 1.807) is 23.7 Å². The predicted octanol–water partition coefficient (Wildman–Crippen LogP) is 4.73. The van der Waals surface area contributed by atoms with Crippen molar-refractivity contribution >= 4 is 11.6 Å². The third kappa shape index (κ3) is 3.36. The minimum atomic E-state index is -0.866.